The van der Waals surface area contributed by atoms with Crippen molar-refractivity contribution in [1.82, 2.24) is 19.8 Å². The van der Waals surface area contributed by atoms with E-state index in [4.69, 9.17) is 0 Å². The molecule has 0 bridgehead atoms. The minimum Gasteiger partial charge on any atom is -0.337 e. The van der Waals surface area contributed by atoms with E-state index in [9.17, 15) is 0 Å². The van der Waals surface area contributed by atoms with Gasteiger partial charge in [0.25, 0.3) is 0 Å². The van der Waals surface area contributed by atoms with Crippen LogP contribution in [-0.4, -0.2) is 40.1 Å². The van der Waals surface area contributed by atoms with E-state index in [-0.39, 0.29) is 0 Å². The lowest BCUT2D eigenvalue weighted by atomic mass is 10.2. The maximum absolute atomic E-state index is 4.38. The van der Waals surface area contributed by atoms with E-state index in [1.54, 1.807) is 0 Å². The minimum atomic E-state index is 0.319. The highest BCUT2D eigenvalue weighted by atomic mass is 15.2. The molecule has 2 atom stereocenters. The van der Waals surface area contributed by atoms with Crippen LogP contribution in [0.4, 0.5) is 0 Å². The Morgan fingerprint density at radius 3 is 2.65 bits per heavy atom. The Labute approximate surface area is 104 Å². The van der Waals surface area contributed by atoms with Gasteiger partial charge in [-0.05, 0) is 39.8 Å². The van der Waals surface area contributed by atoms with Crippen molar-refractivity contribution in [3.8, 4) is 0 Å². The zero-order valence-corrected chi connectivity index (χ0v) is 11.2. The van der Waals surface area contributed by atoms with E-state index >= 15 is 0 Å². The zero-order chi connectivity index (χ0) is 12.3. The Morgan fingerprint density at radius 2 is 2.06 bits per heavy atom. The van der Waals surface area contributed by atoms with Crippen LogP contribution in [0.15, 0.2) is 12.4 Å². The quantitative estimate of drug-likeness (QED) is 0.842. The molecular formula is C13H24N4. The lowest BCUT2D eigenvalue weighted by Gasteiger charge is -2.25. The van der Waals surface area contributed by atoms with Crippen LogP contribution >= 0.6 is 0 Å². The third-order valence-electron chi connectivity index (χ3n) is 3.73. The molecular weight excluding hydrogens is 212 g/mol. The molecule has 96 valence electrons. The molecule has 1 aromatic heterocycles. The minimum absolute atomic E-state index is 0.319. The molecule has 1 fully saturated rings. The molecule has 4 nitrogen and oxygen atoms in total. The Hall–Kier alpha value is -0.870. The van der Waals surface area contributed by atoms with Crippen LogP contribution in [0.25, 0.3) is 0 Å². The molecule has 2 heterocycles. The van der Waals surface area contributed by atoms with Crippen molar-refractivity contribution in [3.63, 3.8) is 0 Å². The van der Waals surface area contributed by atoms with Crippen molar-refractivity contribution < 1.29 is 0 Å². The van der Waals surface area contributed by atoms with Gasteiger partial charge < -0.3 is 9.88 Å². The largest absolute Gasteiger partial charge is 0.337 e. The fourth-order valence-electron chi connectivity index (χ4n) is 2.54. The summed E-state index contributed by atoms with van der Waals surface area (Å²) >= 11 is 0. The van der Waals surface area contributed by atoms with Crippen molar-refractivity contribution in [2.75, 3.05) is 19.6 Å². The summed E-state index contributed by atoms with van der Waals surface area (Å²) in [6.45, 7) is 8.05. The van der Waals surface area contributed by atoms with Gasteiger partial charge in [0.05, 0.1) is 6.04 Å². The van der Waals surface area contributed by atoms with E-state index in [0.29, 0.717) is 12.1 Å². The van der Waals surface area contributed by atoms with E-state index in [1.807, 2.05) is 19.4 Å². The summed E-state index contributed by atoms with van der Waals surface area (Å²) in [4.78, 5) is 6.95. The number of imidazole rings is 1. The van der Waals surface area contributed by atoms with Gasteiger partial charge in [-0.3, -0.25) is 4.90 Å². The normalized spacial score (nSPS) is 20.6. The average molecular weight is 236 g/mol. The molecule has 2 rings (SSSR count). The van der Waals surface area contributed by atoms with Crippen LogP contribution in [0.2, 0.25) is 0 Å². The lowest BCUT2D eigenvalue weighted by Crippen LogP contribution is -2.39. The summed E-state index contributed by atoms with van der Waals surface area (Å²) in [5.74, 6) is 1.11. The molecule has 0 saturated carbocycles. The molecule has 2 unspecified atom stereocenters. The summed E-state index contributed by atoms with van der Waals surface area (Å²) in [5, 5.41) is 3.58. The molecule has 1 aromatic rings. The fourth-order valence-corrected chi connectivity index (χ4v) is 2.54. The second-order valence-electron chi connectivity index (χ2n) is 5.12. The lowest BCUT2D eigenvalue weighted by molar-refractivity contribution is 0.246. The highest BCUT2D eigenvalue weighted by molar-refractivity contribution is 4.97. The van der Waals surface area contributed by atoms with Crippen LogP contribution < -0.4 is 5.32 Å². The highest BCUT2D eigenvalue weighted by Crippen LogP contribution is 2.13. The molecule has 17 heavy (non-hydrogen) atoms. The van der Waals surface area contributed by atoms with Gasteiger partial charge in [-0.25, -0.2) is 4.98 Å². The van der Waals surface area contributed by atoms with E-state index in [2.05, 4.69) is 33.6 Å². The summed E-state index contributed by atoms with van der Waals surface area (Å²) in [7, 11) is 2.05. The van der Waals surface area contributed by atoms with Crippen LogP contribution in [-0.2, 0) is 7.05 Å². The first-order valence-electron chi connectivity index (χ1n) is 6.63. The predicted octanol–water partition coefficient (Wildman–Crippen LogP) is 1.55. The molecule has 1 aliphatic heterocycles. The number of nitrogens with zero attached hydrogens (tertiary/aromatic N) is 3. The number of hydrogen-bond donors (Lipinski definition) is 1. The van der Waals surface area contributed by atoms with Gasteiger partial charge in [0.1, 0.15) is 5.82 Å². The molecule has 0 radical (unpaired) electrons. The smallest absolute Gasteiger partial charge is 0.125 e. The molecule has 0 aliphatic carbocycles. The van der Waals surface area contributed by atoms with Gasteiger partial charge in [0, 0.05) is 32.0 Å². The second kappa shape index (κ2) is 5.65. The molecule has 1 aliphatic rings. The van der Waals surface area contributed by atoms with Crippen molar-refractivity contribution >= 4 is 0 Å². The average Bonchev–Trinajstić information content (AvgIpc) is 2.95. The predicted molar refractivity (Wildman–Crippen MR) is 69.9 cm³/mol. The Balaban J connectivity index is 1.79. The van der Waals surface area contributed by atoms with E-state index in [0.717, 1.165) is 12.4 Å². The molecule has 4 heteroatoms. The van der Waals surface area contributed by atoms with E-state index < -0.39 is 0 Å². The molecule has 1 saturated heterocycles. The molecule has 0 amide bonds. The summed E-state index contributed by atoms with van der Waals surface area (Å²) in [6.07, 6.45) is 6.58. The first-order chi connectivity index (χ1) is 8.18. The number of aryl methyl sites for hydroxylation is 1. The second-order valence-corrected chi connectivity index (χ2v) is 5.12. The van der Waals surface area contributed by atoms with Crippen LogP contribution in [0, 0.1) is 0 Å². The van der Waals surface area contributed by atoms with Gasteiger partial charge >= 0.3 is 0 Å². The number of nitrogens with one attached hydrogen (secondary N) is 1. The number of aromatic nitrogens is 2. The Kier molecular flexibility index (Phi) is 4.18. The Morgan fingerprint density at radius 1 is 1.35 bits per heavy atom. The van der Waals surface area contributed by atoms with Crippen molar-refractivity contribution in [2.24, 2.45) is 7.05 Å². The third-order valence-corrected chi connectivity index (χ3v) is 3.73. The van der Waals surface area contributed by atoms with Crippen LogP contribution in [0.1, 0.15) is 38.6 Å². The maximum Gasteiger partial charge on any atom is 0.125 e. The van der Waals surface area contributed by atoms with Crippen molar-refractivity contribution in [2.45, 2.75) is 38.8 Å². The zero-order valence-electron chi connectivity index (χ0n) is 11.2. The number of rotatable bonds is 5. The van der Waals surface area contributed by atoms with Gasteiger partial charge in [-0.2, -0.15) is 0 Å². The first-order valence-corrected chi connectivity index (χ1v) is 6.63. The molecule has 0 aromatic carbocycles. The van der Waals surface area contributed by atoms with E-state index in [1.165, 1.54) is 25.9 Å². The fraction of sp³-hybridized carbons (Fsp3) is 0.769. The maximum atomic E-state index is 4.38. The topological polar surface area (TPSA) is 33.1 Å². The summed E-state index contributed by atoms with van der Waals surface area (Å²) in [5.41, 5.74) is 0. The first kappa shape index (κ1) is 12.6. The Bertz CT molecular complexity index is 341. The summed E-state index contributed by atoms with van der Waals surface area (Å²) < 4.78 is 2.08. The van der Waals surface area contributed by atoms with Gasteiger partial charge in [0.2, 0.25) is 0 Å². The van der Waals surface area contributed by atoms with Crippen molar-refractivity contribution in [1.29, 1.82) is 0 Å². The highest BCUT2D eigenvalue weighted by Gasteiger charge is 2.19. The number of hydrogen-bond acceptors (Lipinski definition) is 3. The standard InChI is InChI=1S/C13H24N4/c1-11(17-7-4-5-8-17)10-15-12(2)13-14-6-9-16(13)3/h6,9,11-12,15H,4-5,7-8,10H2,1-3H3. The summed E-state index contributed by atoms with van der Waals surface area (Å²) in [6, 6.07) is 0.945. The van der Waals surface area contributed by atoms with Gasteiger partial charge in [-0.15, -0.1) is 0 Å². The van der Waals surface area contributed by atoms with Crippen LogP contribution in [0.5, 0.6) is 0 Å². The monoisotopic (exact) mass is 236 g/mol. The van der Waals surface area contributed by atoms with Gasteiger partial charge in [0.15, 0.2) is 0 Å². The number of likely N-dealkylation sites (tertiary alicyclic amines) is 1. The third kappa shape index (κ3) is 3.07. The SMILES string of the molecule is CC(NCC(C)N1CCCC1)c1nccn1C. The van der Waals surface area contributed by atoms with Crippen molar-refractivity contribution in [3.05, 3.63) is 18.2 Å². The molecule has 1 N–H and O–H groups in total. The molecule has 0 spiro atoms. The van der Waals surface area contributed by atoms with Gasteiger partial charge in [-0.1, -0.05) is 0 Å². The van der Waals surface area contributed by atoms with Crippen LogP contribution in [0.3, 0.4) is 0 Å².